The first-order valence-electron chi connectivity index (χ1n) is 4.13. The van der Waals surface area contributed by atoms with Gasteiger partial charge < -0.3 is 4.74 Å². The van der Waals surface area contributed by atoms with E-state index in [4.69, 9.17) is 4.74 Å². The maximum Gasteiger partial charge on any atom is 0.305 e. The van der Waals surface area contributed by atoms with Crippen molar-refractivity contribution in [2.45, 2.75) is 18.9 Å². The lowest BCUT2D eigenvalue weighted by molar-refractivity contribution is -0.386. The first-order chi connectivity index (χ1) is 6.68. The molecule has 0 N–H and O–H groups in total. The van der Waals surface area contributed by atoms with E-state index in [1.165, 1.54) is 12.4 Å². The summed E-state index contributed by atoms with van der Waals surface area (Å²) >= 11 is 3.13. The van der Waals surface area contributed by atoms with E-state index in [1.807, 2.05) is 0 Å². The zero-order valence-electron chi connectivity index (χ0n) is 7.14. The Kier molecular flexibility index (Phi) is 2.37. The molecule has 14 heavy (non-hydrogen) atoms. The van der Waals surface area contributed by atoms with Gasteiger partial charge >= 0.3 is 5.69 Å². The molecule has 74 valence electrons. The minimum Gasteiger partial charge on any atom is -0.487 e. The van der Waals surface area contributed by atoms with Gasteiger partial charge in [0.05, 0.1) is 17.2 Å². The van der Waals surface area contributed by atoms with Crippen LogP contribution >= 0.6 is 15.9 Å². The molecule has 1 aliphatic rings. The Morgan fingerprint density at radius 2 is 2.29 bits per heavy atom. The van der Waals surface area contributed by atoms with Crippen molar-refractivity contribution in [3.63, 3.8) is 0 Å². The molecule has 1 aliphatic carbocycles. The van der Waals surface area contributed by atoms with Gasteiger partial charge in [-0.3, -0.25) is 15.1 Å². The van der Waals surface area contributed by atoms with Gasteiger partial charge in [0.1, 0.15) is 10.7 Å². The molecule has 1 saturated carbocycles. The number of ether oxygens (including phenoxy) is 1. The average Bonchev–Trinajstić information content (AvgIpc) is 2.92. The number of aromatic nitrogens is 1. The summed E-state index contributed by atoms with van der Waals surface area (Å²) in [4.78, 5) is 13.8. The van der Waals surface area contributed by atoms with Gasteiger partial charge in [-0.15, -0.1) is 0 Å². The molecular formula is C8H7BrN2O3. The first kappa shape index (κ1) is 9.39. The quantitative estimate of drug-likeness (QED) is 0.617. The number of nitro groups is 1. The topological polar surface area (TPSA) is 65.3 Å². The summed E-state index contributed by atoms with van der Waals surface area (Å²) in [6.07, 6.45) is 4.90. The second-order valence-electron chi connectivity index (χ2n) is 3.05. The molecule has 2 rings (SSSR count). The Hall–Kier alpha value is -1.17. The summed E-state index contributed by atoms with van der Waals surface area (Å²) in [5, 5.41) is 10.6. The molecule has 0 atom stereocenters. The minimum absolute atomic E-state index is 0.0665. The Labute approximate surface area is 88.4 Å². The lowest BCUT2D eigenvalue weighted by Gasteiger charge is -2.05. The lowest BCUT2D eigenvalue weighted by Crippen LogP contribution is -1.99. The smallest absolute Gasteiger partial charge is 0.305 e. The van der Waals surface area contributed by atoms with Gasteiger partial charge in [0.15, 0.2) is 5.75 Å². The number of halogens is 1. The minimum atomic E-state index is -0.489. The second kappa shape index (κ2) is 3.53. The number of hydrogen-bond acceptors (Lipinski definition) is 4. The summed E-state index contributed by atoms with van der Waals surface area (Å²) in [5.74, 6) is 0.446. The van der Waals surface area contributed by atoms with Gasteiger partial charge in [0, 0.05) is 0 Å². The van der Waals surface area contributed by atoms with Crippen LogP contribution in [0.1, 0.15) is 12.8 Å². The van der Waals surface area contributed by atoms with Crippen LogP contribution in [-0.4, -0.2) is 16.0 Å². The van der Waals surface area contributed by atoms with E-state index in [1.54, 1.807) is 0 Å². The molecule has 1 aromatic heterocycles. The largest absolute Gasteiger partial charge is 0.487 e. The van der Waals surface area contributed by atoms with Crippen LogP contribution in [0.5, 0.6) is 5.75 Å². The third-order valence-electron chi connectivity index (χ3n) is 1.84. The number of pyridine rings is 1. The van der Waals surface area contributed by atoms with Crippen LogP contribution in [0, 0.1) is 10.1 Å². The van der Waals surface area contributed by atoms with Crippen LogP contribution < -0.4 is 4.74 Å². The zero-order valence-corrected chi connectivity index (χ0v) is 8.73. The monoisotopic (exact) mass is 258 g/mol. The number of rotatable bonds is 3. The van der Waals surface area contributed by atoms with Crippen LogP contribution in [0.15, 0.2) is 16.9 Å². The summed E-state index contributed by atoms with van der Waals surface area (Å²) < 4.78 is 5.80. The Morgan fingerprint density at radius 3 is 2.86 bits per heavy atom. The molecule has 0 bridgehead atoms. The number of hydrogen-bond donors (Lipinski definition) is 0. The lowest BCUT2D eigenvalue weighted by atomic mass is 10.4. The fraction of sp³-hybridized carbons (Fsp3) is 0.375. The van der Waals surface area contributed by atoms with Crippen molar-refractivity contribution < 1.29 is 9.66 Å². The van der Waals surface area contributed by atoms with E-state index in [0.717, 1.165) is 12.8 Å². The van der Waals surface area contributed by atoms with Crippen LogP contribution in [0.3, 0.4) is 0 Å². The van der Waals surface area contributed by atoms with Crippen LogP contribution in [0.2, 0.25) is 0 Å². The molecule has 0 unspecified atom stereocenters. The molecular weight excluding hydrogens is 252 g/mol. The van der Waals surface area contributed by atoms with E-state index < -0.39 is 4.92 Å². The fourth-order valence-electron chi connectivity index (χ4n) is 0.990. The average molecular weight is 259 g/mol. The van der Waals surface area contributed by atoms with E-state index in [9.17, 15) is 10.1 Å². The summed E-state index contributed by atoms with van der Waals surface area (Å²) in [7, 11) is 0. The van der Waals surface area contributed by atoms with E-state index in [-0.39, 0.29) is 11.8 Å². The van der Waals surface area contributed by atoms with Crippen molar-refractivity contribution in [2.75, 3.05) is 0 Å². The summed E-state index contributed by atoms with van der Waals surface area (Å²) in [5.41, 5.74) is -0.0665. The molecule has 0 aromatic carbocycles. The van der Waals surface area contributed by atoms with Crippen molar-refractivity contribution in [3.05, 3.63) is 27.0 Å². The van der Waals surface area contributed by atoms with Crippen molar-refractivity contribution in [3.8, 4) is 5.75 Å². The van der Waals surface area contributed by atoms with E-state index in [2.05, 4.69) is 20.9 Å². The van der Waals surface area contributed by atoms with Crippen molar-refractivity contribution >= 4 is 21.6 Å². The van der Waals surface area contributed by atoms with Crippen molar-refractivity contribution in [2.24, 2.45) is 0 Å². The maximum atomic E-state index is 10.6. The molecule has 0 saturated heterocycles. The molecule has 0 aliphatic heterocycles. The predicted octanol–water partition coefficient (Wildman–Crippen LogP) is 2.29. The SMILES string of the molecule is O=[N+]([O-])c1cncc(OC2CC2)c1Br. The molecule has 0 amide bonds. The molecule has 6 heteroatoms. The maximum absolute atomic E-state index is 10.6. The standard InChI is InChI=1S/C8H7BrN2O3/c9-8-6(11(12)13)3-10-4-7(8)14-5-1-2-5/h3-5H,1-2H2. The van der Waals surface area contributed by atoms with Gasteiger partial charge in [-0.1, -0.05) is 0 Å². The van der Waals surface area contributed by atoms with Gasteiger partial charge in [0.25, 0.3) is 0 Å². The normalized spacial score (nSPS) is 15.2. The Bertz CT molecular complexity index is 379. The van der Waals surface area contributed by atoms with Crippen LogP contribution in [0.25, 0.3) is 0 Å². The highest BCUT2D eigenvalue weighted by molar-refractivity contribution is 9.10. The molecule has 0 spiro atoms. The van der Waals surface area contributed by atoms with Gasteiger partial charge in [-0.2, -0.15) is 0 Å². The predicted molar refractivity (Wildman–Crippen MR) is 52.2 cm³/mol. The first-order valence-corrected chi connectivity index (χ1v) is 4.92. The third-order valence-corrected chi connectivity index (χ3v) is 2.64. The Balaban J connectivity index is 2.30. The molecule has 1 fully saturated rings. The van der Waals surface area contributed by atoms with E-state index >= 15 is 0 Å². The molecule has 5 nitrogen and oxygen atoms in total. The highest BCUT2D eigenvalue weighted by Gasteiger charge is 2.26. The number of nitrogens with zero attached hydrogens (tertiary/aromatic N) is 2. The molecule has 1 aromatic rings. The molecule has 1 heterocycles. The van der Waals surface area contributed by atoms with E-state index in [0.29, 0.717) is 10.2 Å². The highest BCUT2D eigenvalue weighted by Crippen LogP contribution is 2.36. The third kappa shape index (κ3) is 1.84. The highest BCUT2D eigenvalue weighted by atomic mass is 79.9. The van der Waals surface area contributed by atoms with Crippen LogP contribution in [0.4, 0.5) is 5.69 Å². The Morgan fingerprint density at radius 1 is 1.57 bits per heavy atom. The van der Waals surface area contributed by atoms with Crippen molar-refractivity contribution in [1.82, 2.24) is 4.98 Å². The summed E-state index contributed by atoms with van der Waals surface area (Å²) in [6.45, 7) is 0. The summed E-state index contributed by atoms with van der Waals surface area (Å²) in [6, 6.07) is 0. The van der Waals surface area contributed by atoms with Crippen LogP contribution in [-0.2, 0) is 0 Å². The molecule has 0 radical (unpaired) electrons. The van der Waals surface area contributed by atoms with Crippen molar-refractivity contribution in [1.29, 1.82) is 0 Å². The van der Waals surface area contributed by atoms with Gasteiger partial charge in [0.2, 0.25) is 0 Å². The van der Waals surface area contributed by atoms with Gasteiger partial charge in [-0.25, -0.2) is 0 Å². The zero-order chi connectivity index (χ0) is 10.1. The second-order valence-corrected chi connectivity index (χ2v) is 3.84. The van der Waals surface area contributed by atoms with Gasteiger partial charge in [-0.05, 0) is 28.8 Å². The fourth-order valence-corrected chi connectivity index (χ4v) is 1.43.